The standard InChI is InChI=1S/C25H28N4O3/c1-16-18(3)29(19-9-7-6-8-10-19)25(22(16)14-26)28-24(30)15-27-17(2)21-13-20(31-4)11-12-23(21)32-5/h6-13,17,27H,15H2,1-5H3,(H,28,30). The highest BCUT2D eigenvalue weighted by Crippen LogP contribution is 2.31. The quantitative estimate of drug-likeness (QED) is 0.555. The normalized spacial score (nSPS) is 11.5. The van der Waals surface area contributed by atoms with E-state index in [1.807, 2.05) is 73.9 Å². The number of rotatable bonds is 8. The van der Waals surface area contributed by atoms with Crippen LogP contribution in [0.25, 0.3) is 5.69 Å². The third-order valence-corrected chi connectivity index (χ3v) is 5.57. The van der Waals surface area contributed by atoms with E-state index in [2.05, 4.69) is 16.7 Å². The molecule has 7 heteroatoms. The number of methoxy groups -OCH3 is 2. The van der Waals surface area contributed by atoms with Gasteiger partial charge in [0.2, 0.25) is 5.91 Å². The van der Waals surface area contributed by atoms with Crippen LogP contribution in [0.4, 0.5) is 5.82 Å². The van der Waals surface area contributed by atoms with Crippen LogP contribution in [-0.4, -0.2) is 31.2 Å². The first-order chi connectivity index (χ1) is 15.4. The fraction of sp³-hybridized carbons (Fsp3) is 0.280. The van der Waals surface area contributed by atoms with E-state index < -0.39 is 0 Å². The van der Waals surface area contributed by atoms with Gasteiger partial charge in [0, 0.05) is 23.0 Å². The van der Waals surface area contributed by atoms with Gasteiger partial charge in [0.05, 0.1) is 26.3 Å². The predicted molar refractivity (Wildman–Crippen MR) is 125 cm³/mol. The van der Waals surface area contributed by atoms with Crippen LogP contribution in [0.3, 0.4) is 0 Å². The number of benzene rings is 2. The van der Waals surface area contributed by atoms with Crippen molar-refractivity contribution in [2.75, 3.05) is 26.1 Å². The van der Waals surface area contributed by atoms with Crippen LogP contribution >= 0.6 is 0 Å². The van der Waals surface area contributed by atoms with E-state index in [0.717, 1.165) is 22.5 Å². The molecule has 0 fully saturated rings. The molecule has 7 nitrogen and oxygen atoms in total. The summed E-state index contributed by atoms with van der Waals surface area (Å²) in [6, 6.07) is 17.3. The van der Waals surface area contributed by atoms with Gasteiger partial charge in [0.15, 0.2) is 0 Å². The zero-order chi connectivity index (χ0) is 23.3. The van der Waals surface area contributed by atoms with Crippen LogP contribution < -0.4 is 20.1 Å². The van der Waals surface area contributed by atoms with Gasteiger partial charge in [-0.2, -0.15) is 5.26 Å². The van der Waals surface area contributed by atoms with E-state index in [1.54, 1.807) is 14.2 Å². The summed E-state index contributed by atoms with van der Waals surface area (Å²) >= 11 is 0. The summed E-state index contributed by atoms with van der Waals surface area (Å²) < 4.78 is 12.7. The van der Waals surface area contributed by atoms with E-state index in [4.69, 9.17) is 9.47 Å². The number of ether oxygens (including phenoxy) is 2. The molecule has 0 aliphatic rings. The Morgan fingerprint density at radius 2 is 1.84 bits per heavy atom. The third-order valence-electron chi connectivity index (χ3n) is 5.57. The molecule has 1 heterocycles. The molecule has 0 bridgehead atoms. The van der Waals surface area contributed by atoms with Crippen LogP contribution in [0.1, 0.15) is 35.3 Å². The molecule has 2 N–H and O–H groups in total. The average Bonchev–Trinajstić information content (AvgIpc) is 3.06. The van der Waals surface area contributed by atoms with Gasteiger partial charge in [-0.15, -0.1) is 0 Å². The molecule has 1 unspecified atom stereocenters. The van der Waals surface area contributed by atoms with Gasteiger partial charge >= 0.3 is 0 Å². The number of para-hydroxylation sites is 1. The van der Waals surface area contributed by atoms with Crippen LogP contribution in [0.5, 0.6) is 11.5 Å². The van der Waals surface area contributed by atoms with Crippen molar-refractivity contribution in [3.8, 4) is 23.3 Å². The van der Waals surface area contributed by atoms with Crippen LogP contribution in [0, 0.1) is 25.2 Å². The highest BCUT2D eigenvalue weighted by atomic mass is 16.5. The van der Waals surface area contributed by atoms with Crippen molar-refractivity contribution < 1.29 is 14.3 Å². The summed E-state index contributed by atoms with van der Waals surface area (Å²) in [4.78, 5) is 12.8. The van der Waals surface area contributed by atoms with E-state index in [1.165, 1.54) is 0 Å². The Hall–Kier alpha value is -3.76. The van der Waals surface area contributed by atoms with Crippen molar-refractivity contribution in [1.29, 1.82) is 5.26 Å². The average molecular weight is 433 g/mol. The van der Waals surface area contributed by atoms with Crippen molar-refractivity contribution in [3.05, 3.63) is 70.9 Å². The minimum absolute atomic E-state index is 0.0600. The maximum Gasteiger partial charge on any atom is 0.239 e. The topological polar surface area (TPSA) is 88.3 Å². The Balaban J connectivity index is 1.80. The SMILES string of the molecule is COc1ccc(OC)c(C(C)NCC(=O)Nc2c(C#N)c(C)c(C)n2-c2ccccc2)c1. The lowest BCUT2D eigenvalue weighted by molar-refractivity contribution is -0.115. The number of aromatic nitrogens is 1. The lowest BCUT2D eigenvalue weighted by Gasteiger charge is -2.18. The maximum absolute atomic E-state index is 12.8. The Morgan fingerprint density at radius 3 is 2.47 bits per heavy atom. The molecule has 0 radical (unpaired) electrons. The molecular weight excluding hydrogens is 404 g/mol. The van der Waals surface area contributed by atoms with Gasteiger partial charge in [-0.1, -0.05) is 18.2 Å². The van der Waals surface area contributed by atoms with Crippen molar-refractivity contribution in [2.45, 2.75) is 26.8 Å². The first kappa shape index (κ1) is 22.9. The van der Waals surface area contributed by atoms with E-state index >= 15 is 0 Å². The summed E-state index contributed by atoms with van der Waals surface area (Å²) in [5.41, 5.74) is 3.98. The van der Waals surface area contributed by atoms with Gasteiger partial charge in [0.1, 0.15) is 23.4 Å². The number of nitrogens with one attached hydrogen (secondary N) is 2. The number of hydrogen-bond donors (Lipinski definition) is 2. The zero-order valence-corrected chi connectivity index (χ0v) is 19.0. The Labute approximate surface area is 188 Å². The van der Waals surface area contributed by atoms with Gasteiger partial charge in [0.25, 0.3) is 0 Å². The van der Waals surface area contributed by atoms with Crippen molar-refractivity contribution in [2.24, 2.45) is 0 Å². The van der Waals surface area contributed by atoms with Crippen molar-refractivity contribution in [1.82, 2.24) is 9.88 Å². The molecule has 1 aromatic heterocycles. The summed E-state index contributed by atoms with van der Waals surface area (Å²) in [5.74, 6) is 1.66. The van der Waals surface area contributed by atoms with Crippen LogP contribution in [-0.2, 0) is 4.79 Å². The number of carbonyl (C=O) groups is 1. The molecule has 1 atom stereocenters. The number of carbonyl (C=O) groups excluding carboxylic acids is 1. The second kappa shape index (κ2) is 10.0. The monoisotopic (exact) mass is 432 g/mol. The molecule has 0 saturated heterocycles. The maximum atomic E-state index is 12.8. The smallest absolute Gasteiger partial charge is 0.239 e. The highest BCUT2D eigenvalue weighted by Gasteiger charge is 2.21. The van der Waals surface area contributed by atoms with Gasteiger partial charge in [-0.25, -0.2) is 0 Å². The van der Waals surface area contributed by atoms with Gasteiger partial charge in [-0.05, 0) is 56.7 Å². The van der Waals surface area contributed by atoms with E-state index in [9.17, 15) is 10.1 Å². The van der Waals surface area contributed by atoms with Gasteiger partial charge < -0.3 is 20.1 Å². The minimum atomic E-state index is -0.245. The number of amides is 1. The molecule has 32 heavy (non-hydrogen) atoms. The van der Waals surface area contributed by atoms with Gasteiger partial charge in [-0.3, -0.25) is 9.36 Å². The first-order valence-corrected chi connectivity index (χ1v) is 10.3. The fourth-order valence-corrected chi connectivity index (χ4v) is 3.67. The molecule has 0 saturated carbocycles. The van der Waals surface area contributed by atoms with Crippen LogP contribution in [0.2, 0.25) is 0 Å². The zero-order valence-electron chi connectivity index (χ0n) is 19.0. The van der Waals surface area contributed by atoms with E-state index in [0.29, 0.717) is 22.9 Å². The molecule has 1 amide bonds. The Kier molecular flexibility index (Phi) is 7.18. The molecule has 166 valence electrons. The summed E-state index contributed by atoms with van der Waals surface area (Å²) in [6.45, 7) is 5.84. The van der Waals surface area contributed by atoms with Crippen molar-refractivity contribution >= 4 is 11.7 Å². The minimum Gasteiger partial charge on any atom is -0.497 e. The summed E-state index contributed by atoms with van der Waals surface area (Å²) in [7, 11) is 3.21. The second-order valence-electron chi connectivity index (χ2n) is 7.48. The van der Waals surface area contributed by atoms with Crippen LogP contribution in [0.15, 0.2) is 48.5 Å². The first-order valence-electron chi connectivity index (χ1n) is 10.3. The molecule has 2 aromatic carbocycles. The number of nitriles is 1. The lowest BCUT2D eigenvalue weighted by Crippen LogP contribution is -2.31. The molecule has 3 rings (SSSR count). The second-order valence-corrected chi connectivity index (χ2v) is 7.48. The molecule has 3 aromatic rings. The molecule has 0 aliphatic heterocycles. The molecule has 0 aliphatic carbocycles. The summed E-state index contributed by atoms with van der Waals surface area (Å²) in [5, 5.41) is 15.9. The number of nitrogens with zero attached hydrogens (tertiary/aromatic N) is 2. The third kappa shape index (κ3) is 4.61. The molecule has 0 spiro atoms. The number of anilines is 1. The van der Waals surface area contributed by atoms with Crippen molar-refractivity contribution in [3.63, 3.8) is 0 Å². The molecular formula is C25H28N4O3. The number of hydrogen-bond acceptors (Lipinski definition) is 5. The predicted octanol–water partition coefficient (Wildman–Crippen LogP) is 4.27. The Bertz CT molecular complexity index is 1150. The lowest BCUT2D eigenvalue weighted by atomic mass is 10.1. The fourth-order valence-electron chi connectivity index (χ4n) is 3.67. The Morgan fingerprint density at radius 1 is 1.12 bits per heavy atom. The summed E-state index contributed by atoms with van der Waals surface area (Å²) in [6.07, 6.45) is 0. The largest absolute Gasteiger partial charge is 0.497 e. The highest BCUT2D eigenvalue weighted by molar-refractivity contribution is 5.93. The van der Waals surface area contributed by atoms with E-state index in [-0.39, 0.29) is 18.5 Å².